The number of rotatable bonds is 0. The van der Waals surface area contributed by atoms with Crippen molar-refractivity contribution >= 4 is 11.8 Å². The Hall–Kier alpha value is -0.630. The normalized spacial score (nSPS) is 17.9. The summed E-state index contributed by atoms with van der Waals surface area (Å²) in [5.74, 6) is 0.490. The van der Waals surface area contributed by atoms with Crippen molar-refractivity contribution in [1.29, 1.82) is 0 Å². The van der Waals surface area contributed by atoms with Crippen molar-refractivity contribution in [2.24, 2.45) is 0 Å². The van der Waals surface area contributed by atoms with Crippen molar-refractivity contribution in [3.63, 3.8) is 0 Å². The van der Waals surface area contributed by atoms with Crippen molar-refractivity contribution in [1.82, 2.24) is 0 Å². The van der Waals surface area contributed by atoms with Crippen molar-refractivity contribution < 1.29 is 5.11 Å². The Morgan fingerprint density at radius 3 is 2.27 bits per heavy atom. The van der Waals surface area contributed by atoms with Gasteiger partial charge < -0.3 is 5.11 Å². The van der Waals surface area contributed by atoms with E-state index in [0.29, 0.717) is 5.75 Å². The van der Waals surface area contributed by atoms with E-state index in [0.717, 1.165) is 17.5 Å². The van der Waals surface area contributed by atoms with Crippen LogP contribution in [-0.4, -0.2) is 9.85 Å². The van der Waals surface area contributed by atoms with E-state index < -0.39 is 0 Å². The van der Waals surface area contributed by atoms with Crippen LogP contribution >= 0.6 is 11.8 Å². The zero-order chi connectivity index (χ0) is 11.4. The summed E-state index contributed by atoms with van der Waals surface area (Å²) in [5, 5.41) is 10.0. The predicted molar refractivity (Wildman–Crippen MR) is 66.0 cm³/mol. The van der Waals surface area contributed by atoms with E-state index >= 15 is 0 Å². The van der Waals surface area contributed by atoms with Gasteiger partial charge in [0.05, 0.1) is 0 Å². The summed E-state index contributed by atoms with van der Waals surface area (Å²) in [5.41, 5.74) is 4.72. The molecule has 1 aliphatic rings. The van der Waals surface area contributed by atoms with Crippen LogP contribution < -0.4 is 0 Å². The minimum absolute atomic E-state index is 0.276. The number of phenolic OH excluding ortho intramolecular Hbond substituents is 1. The molecular formula is C13H18OS. The summed E-state index contributed by atoms with van der Waals surface area (Å²) < 4.78 is 0.276. The van der Waals surface area contributed by atoms with Gasteiger partial charge in [-0.05, 0) is 49.4 Å². The van der Waals surface area contributed by atoms with Gasteiger partial charge in [0.2, 0.25) is 0 Å². The highest BCUT2D eigenvalue weighted by atomic mass is 32.2. The van der Waals surface area contributed by atoms with Crippen molar-refractivity contribution in [3.8, 4) is 5.75 Å². The molecule has 1 nitrogen and oxygen atoms in total. The standard InChI is InChI=1S/C13H18OS/c1-7-8(2)12-10(9(3)11(7)14)6-13(4,5)15-12/h14H,6H2,1-5H3. The second kappa shape index (κ2) is 3.18. The average molecular weight is 222 g/mol. The van der Waals surface area contributed by atoms with Crippen molar-refractivity contribution in [3.05, 3.63) is 22.3 Å². The number of fused-ring (bicyclic) bond motifs is 1. The highest BCUT2D eigenvalue weighted by Crippen LogP contribution is 2.50. The monoisotopic (exact) mass is 222 g/mol. The number of thioether (sulfide) groups is 1. The molecule has 1 N–H and O–H groups in total. The van der Waals surface area contributed by atoms with Crippen LogP contribution in [0.25, 0.3) is 0 Å². The lowest BCUT2D eigenvalue weighted by Crippen LogP contribution is -2.12. The minimum Gasteiger partial charge on any atom is -0.507 e. The number of aromatic hydroxyl groups is 1. The molecule has 0 saturated heterocycles. The Kier molecular flexibility index (Phi) is 2.30. The van der Waals surface area contributed by atoms with Gasteiger partial charge in [-0.2, -0.15) is 0 Å². The maximum absolute atomic E-state index is 10.0. The molecule has 0 amide bonds. The van der Waals surface area contributed by atoms with E-state index in [2.05, 4.69) is 20.8 Å². The Bertz CT molecular complexity index is 394. The van der Waals surface area contributed by atoms with Crippen LogP contribution in [0.2, 0.25) is 0 Å². The molecule has 1 aliphatic heterocycles. The smallest absolute Gasteiger partial charge is 0.122 e. The van der Waals surface area contributed by atoms with Crippen LogP contribution in [-0.2, 0) is 6.42 Å². The van der Waals surface area contributed by atoms with E-state index in [4.69, 9.17) is 0 Å². The second-order valence-corrected chi connectivity index (χ2v) is 6.79. The third-order valence-electron chi connectivity index (χ3n) is 3.32. The van der Waals surface area contributed by atoms with Gasteiger partial charge in [-0.3, -0.25) is 0 Å². The molecule has 0 atom stereocenters. The highest BCUT2D eigenvalue weighted by Gasteiger charge is 2.33. The SMILES string of the molecule is Cc1c(C)c2c(c(C)c1O)CC(C)(C)S2. The van der Waals surface area contributed by atoms with E-state index in [1.54, 1.807) is 0 Å². The van der Waals surface area contributed by atoms with Gasteiger partial charge in [0.1, 0.15) is 5.75 Å². The topological polar surface area (TPSA) is 20.2 Å². The van der Waals surface area contributed by atoms with Crippen molar-refractivity contribution in [2.45, 2.75) is 50.7 Å². The fraction of sp³-hybridized carbons (Fsp3) is 0.538. The number of hydrogen-bond acceptors (Lipinski definition) is 2. The minimum atomic E-state index is 0.276. The van der Waals surface area contributed by atoms with Gasteiger partial charge in [0.25, 0.3) is 0 Å². The van der Waals surface area contributed by atoms with Crippen LogP contribution in [0.4, 0.5) is 0 Å². The average Bonchev–Trinajstić information content (AvgIpc) is 2.48. The molecule has 0 fully saturated rings. The lowest BCUT2D eigenvalue weighted by atomic mass is 9.93. The number of hydrogen-bond donors (Lipinski definition) is 1. The molecule has 0 bridgehead atoms. The maximum atomic E-state index is 10.0. The van der Waals surface area contributed by atoms with Gasteiger partial charge in [0.15, 0.2) is 0 Å². The fourth-order valence-corrected chi connectivity index (χ4v) is 3.68. The Morgan fingerprint density at radius 1 is 1.07 bits per heavy atom. The molecule has 0 spiro atoms. The van der Waals surface area contributed by atoms with Crippen LogP contribution in [0.1, 0.15) is 36.1 Å². The predicted octanol–water partition coefficient (Wildman–Crippen LogP) is 3.74. The van der Waals surface area contributed by atoms with Crippen LogP contribution in [0.15, 0.2) is 4.90 Å². The largest absolute Gasteiger partial charge is 0.507 e. The van der Waals surface area contributed by atoms with Crippen LogP contribution in [0, 0.1) is 20.8 Å². The zero-order valence-electron chi connectivity index (χ0n) is 10.1. The molecule has 1 aromatic carbocycles. The summed E-state index contributed by atoms with van der Waals surface area (Å²) in [6.45, 7) is 10.7. The molecule has 15 heavy (non-hydrogen) atoms. The first-order valence-corrected chi connectivity index (χ1v) is 6.16. The molecule has 2 rings (SSSR count). The molecule has 0 unspecified atom stereocenters. The highest BCUT2D eigenvalue weighted by molar-refractivity contribution is 8.01. The zero-order valence-corrected chi connectivity index (χ0v) is 10.9. The first-order chi connectivity index (χ1) is 6.83. The Morgan fingerprint density at radius 2 is 1.67 bits per heavy atom. The second-order valence-electron chi connectivity index (χ2n) is 5.07. The molecule has 0 aromatic heterocycles. The van der Waals surface area contributed by atoms with Gasteiger partial charge >= 0.3 is 0 Å². The molecule has 0 radical (unpaired) electrons. The Labute approximate surface area is 95.9 Å². The van der Waals surface area contributed by atoms with Crippen LogP contribution in [0.3, 0.4) is 0 Å². The summed E-state index contributed by atoms with van der Waals surface area (Å²) >= 11 is 1.95. The molecule has 0 saturated carbocycles. The lowest BCUT2D eigenvalue weighted by molar-refractivity contribution is 0.464. The fourth-order valence-electron chi connectivity index (χ4n) is 2.26. The van der Waals surface area contributed by atoms with E-state index in [1.807, 2.05) is 25.6 Å². The molecule has 1 aromatic rings. The number of phenols is 1. The van der Waals surface area contributed by atoms with Crippen molar-refractivity contribution in [2.75, 3.05) is 0 Å². The lowest BCUT2D eigenvalue weighted by Gasteiger charge is -2.14. The quantitative estimate of drug-likeness (QED) is 0.721. The third kappa shape index (κ3) is 1.55. The molecule has 0 aliphatic carbocycles. The van der Waals surface area contributed by atoms with Crippen LogP contribution in [0.5, 0.6) is 5.75 Å². The summed E-state index contributed by atoms with van der Waals surface area (Å²) in [6, 6.07) is 0. The summed E-state index contributed by atoms with van der Waals surface area (Å²) in [4.78, 5) is 1.40. The van der Waals surface area contributed by atoms with Gasteiger partial charge in [0, 0.05) is 9.64 Å². The molecular weight excluding hydrogens is 204 g/mol. The molecule has 2 heteroatoms. The van der Waals surface area contributed by atoms with E-state index in [-0.39, 0.29) is 4.75 Å². The van der Waals surface area contributed by atoms with E-state index in [9.17, 15) is 5.11 Å². The molecule has 1 heterocycles. The third-order valence-corrected chi connectivity index (χ3v) is 4.77. The van der Waals surface area contributed by atoms with Gasteiger partial charge in [-0.25, -0.2) is 0 Å². The number of benzene rings is 1. The molecule has 82 valence electrons. The van der Waals surface area contributed by atoms with Gasteiger partial charge in [-0.1, -0.05) is 13.8 Å². The maximum Gasteiger partial charge on any atom is 0.122 e. The first kappa shape index (κ1) is 10.9. The van der Waals surface area contributed by atoms with Gasteiger partial charge in [-0.15, -0.1) is 11.8 Å². The first-order valence-electron chi connectivity index (χ1n) is 5.34. The summed E-state index contributed by atoms with van der Waals surface area (Å²) in [7, 11) is 0. The van der Waals surface area contributed by atoms with E-state index in [1.165, 1.54) is 16.0 Å². The Balaban J connectivity index is 2.69. The summed E-state index contributed by atoms with van der Waals surface area (Å²) in [6.07, 6.45) is 1.06.